The first-order chi connectivity index (χ1) is 9.63. The first-order valence-electron chi connectivity index (χ1n) is 7.49. The molecule has 0 aromatic carbocycles. The molecule has 2 atom stereocenters. The zero-order valence-corrected chi connectivity index (χ0v) is 12.6. The highest BCUT2D eigenvalue weighted by molar-refractivity contribution is 7.14. The summed E-state index contributed by atoms with van der Waals surface area (Å²) in [5.74, 6) is 0.470. The van der Waals surface area contributed by atoms with Gasteiger partial charge in [0.25, 0.3) is 0 Å². The average molecular weight is 292 g/mol. The van der Waals surface area contributed by atoms with E-state index >= 15 is 0 Å². The van der Waals surface area contributed by atoms with E-state index in [0.717, 1.165) is 25.7 Å². The van der Waals surface area contributed by atoms with E-state index in [1.807, 2.05) is 6.07 Å². The summed E-state index contributed by atoms with van der Waals surface area (Å²) in [6, 6.07) is 1.98. The Balaban J connectivity index is 1.69. The van der Waals surface area contributed by atoms with E-state index < -0.39 is 6.10 Å². The van der Waals surface area contributed by atoms with Crippen molar-refractivity contribution in [3.8, 4) is 0 Å². The minimum atomic E-state index is -0.505. The van der Waals surface area contributed by atoms with Crippen LogP contribution < -0.4 is 0 Å². The molecule has 20 heavy (non-hydrogen) atoms. The second kappa shape index (κ2) is 5.68. The summed E-state index contributed by atoms with van der Waals surface area (Å²) in [6.07, 6.45) is 5.96. The number of hydrogen-bond acceptors (Lipinski definition) is 4. The van der Waals surface area contributed by atoms with Crippen molar-refractivity contribution in [1.82, 2.24) is 0 Å². The van der Waals surface area contributed by atoms with Crippen LogP contribution in [-0.4, -0.2) is 17.9 Å². The molecule has 2 aliphatic carbocycles. The number of Topliss-reactive ketones (excluding diaryl/α,β-unsaturated/α-hetero) is 1. The number of thiophene rings is 1. The predicted molar refractivity (Wildman–Crippen MR) is 78.2 cm³/mol. The molecular formula is C16H20O3S. The Kier molecular flexibility index (Phi) is 3.92. The van der Waals surface area contributed by atoms with Gasteiger partial charge in [-0.1, -0.05) is 6.92 Å². The number of carbonyl (C=O) groups excluding carboxylic acids is 2. The molecule has 1 fully saturated rings. The maximum Gasteiger partial charge on any atom is 0.349 e. The lowest BCUT2D eigenvalue weighted by molar-refractivity contribution is -0.129. The highest BCUT2D eigenvalue weighted by Crippen LogP contribution is 2.33. The minimum Gasteiger partial charge on any atom is -0.450 e. The van der Waals surface area contributed by atoms with E-state index in [2.05, 4.69) is 6.92 Å². The van der Waals surface area contributed by atoms with Crippen molar-refractivity contribution in [3.63, 3.8) is 0 Å². The van der Waals surface area contributed by atoms with Crippen LogP contribution in [0, 0.1) is 5.92 Å². The molecule has 0 radical (unpaired) electrons. The van der Waals surface area contributed by atoms with E-state index in [9.17, 15) is 9.59 Å². The average Bonchev–Trinajstić information content (AvgIpc) is 2.84. The zero-order chi connectivity index (χ0) is 14.1. The van der Waals surface area contributed by atoms with Gasteiger partial charge in [0, 0.05) is 11.3 Å². The molecule has 1 saturated carbocycles. The molecule has 2 aliphatic rings. The fourth-order valence-electron chi connectivity index (χ4n) is 3.07. The van der Waals surface area contributed by atoms with Gasteiger partial charge >= 0.3 is 5.97 Å². The van der Waals surface area contributed by atoms with Gasteiger partial charge < -0.3 is 4.74 Å². The van der Waals surface area contributed by atoms with Crippen molar-refractivity contribution < 1.29 is 14.3 Å². The first-order valence-corrected chi connectivity index (χ1v) is 8.30. The number of fused-ring (bicyclic) bond motifs is 1. The van der Waals surface area contributed by atoms with Gasteiger partial charge in [0.05, 0.1) is 0 Å². The number of carbonyl (C=O) groups is 2. The Labute approximate surface area is 123 Å². The number of ketones is 1. The minimum absolute atomic E-state index is 0.0829. The summed E-state index contributed by atoms with van der Waals surface area (Å²) in [5, 5.41) is 0. The molecule has 108 valence electrons. The largest absolute Gasteiger partial charge is 0.450 e. The van der Waals surface area contributed by atoms with Crippen LogP contribution in [0.2, 0.25) is 0 Å². The first kappa shape index (κ1) is 13.8. The Morgan fingerprint density at radius 3 is 2.95 bits per heavy atom. The molecule has 0 N–H and O–H groups in total. The number of ether oxygens (including phenoxy) is 1. The Morgan fingerprint density at radius 2 is 2.15 bits per heavy atom. The molecule has 0 saturated heterocycles. The van der Waals surface area contributed by atoms with Crippen LogP contribution in [0.5, 0.6) is 0 Å². The molecule has 3 rings (SSSR count). The molecule has 0 amide bonds. The maximum absolute atomic E-state index is 12.2. The topological polar surface area (TPSA) is 43.4 Å². The normalized spacial score (nSPS) is 26.1. The Hall–Kier alpha value is -1.16. The predicted octanol–water partition coefficient (Wildman–Crippen LogP) is 3.54. The van der Waals surface area contributed by atoms with E-state index in [0.29, 0.717) is 23.6 Å². The second-order valence-electron chi connectivity index (χ2n) is 6.01. The van der Waals surface area contributed by atoms with Gasteiger partial charge in [-0.05, 0) is 56.1 Å². The highest BCUT2D eigenvalue weighted by Gasteiger charge is 2.28. The molecular weight excluding hydrogens is 272 g/mol. The van der Waals surface area contributed by atoms with Gasteiger partial charge in [0.2, 0.25) is 0 Å². The van der Waals surface area contributed by atoms with Crippen molar-refractivity contribution >= 4 is 23.1 Å². The quantitative estimate of drug-likeness (QED) is 0.783. The van der Waals surface area contributed by atoms with Crippen LogP contribution in [0.3, 0.4) is 0 Å². The van der Waals surface area contributed by atoms with Gasteiger partial charge in [0.15, 0.2) is 11.9 Å². The van der Waals surface area contributed by atoms with Gasteiger partial charge in [-0.3, -0.25) is 4.79 Å². The molecule has 3 nitrogen and oxygen atoms in total. The summed E-state index contributed by atoms with van der Waals surface area (Å²) >= 11 is 1.55. The van der Waals surface area contributed by atoms with Crippen molar-refractivity contribution in [3.05, 3.63) is 21.4 Å². The standard InChI is InChI=1S/C16H20O3S/c1-10-6-7-14-11(8-10)9-15(20-14)16(18)19-13-5-3-2-4-12(13)17/h9-10,13H,2-8H2,1H3/t10-,13-/m1/s1. The summed E-state index contributed by atoms with van der Waals surface area (Å²) < 4.78 is 5.42. The van der Waals surface area contributed by atoms with Gasteiger partial charge in [-0.25, -0.2) is 4.79 Å². The fraction of sp³-hybridized carbons (Fsp3) is 0.625. The van der Waals surface area contributed by atoms with Crippen LogP contribution >= 0.6 is 11.3 Å². The van der Waals surface area contributed by atoms with Gasteiger partial charge in [0.1, 0.15) is 4.88 Å². The number of aryl methyl sites for hydroxylation is 1. The van der Waals surface area contributed by atoms with Crippen LogP contribution in [-0.2, 0) is 22.4 Å². The molecule has 1 aromatic rings. The summed E-state index contributed by atoms with van der Waals surface area (Å²) in [5.41, 5.74) is 1.30. The second-order valence-corrected chi connectivity index (χ2v) is 7.15. The molecule has 1 aromatic heterocycles. The monoisotopic (exact) mass is 292 g/mol. The van der Waals surface area contributed by atoms with Gasteiger partial charge in [-0.2, -0.15) is 0 Å². The highest BCUT2D eigenvalue weighted by atomic mass is 32.1. The van der Waals surface area contributed by atoms with Crippen molar-refractivity contribution in [2.45, 2.75) is 58.0 Å². The van der Waals surface area contributed by atoms with Crippen LogP contribution in [0.1, 0.15) is 59.1 Å². The van der Waals surface area contributed by atoms with Crippen LogP contribution in [0.25, 0.3) is 0 Å². The van der Waals surface area contributed by atoms with E-state index in [1.165, 1.54) is 16.9 Å². The van der Waals surface area contributed by atoms with Crippen molar-refractivity contribution in [2.24, 2.45) is 5.92 Å². The van der Waals surface area contributed by atoms with Crippen LogP contribution in [0.15, 0.2) is 6.07 Å². The molecule has 0 bridgehead atoms. The smallest absolute Gasteiger partial charge is 0.349 e. The number of hydrogen-bond donors (Lipinski definition) is 0. The molecule has 0 unspecified atom stereocenters. The third kappa shape index (κ3) is 2.80. The summed E-state index contributed by atoms with van der Waals surface area (Å²) in [7, 11) is 0. The molecule has 1 heterocycles. The molecule has 0 spiro atoms. The zero-order valence-electron chi connectivity index (χ0n) is 11.8. The fourth-order valence-corrected chi connectivity index (χ4v) is 4.16. The Bertz CT molecular complexity index is 532. The summed E-state index contributed by atoms with van der Waals surface area (Å²) in [6.45, 7) is 2.25. The van der Waals surface area contributed by atoms with Crippen LogP contribution in [0.4, 0.5) is 0 Å². The summed E-state index contributed by atoms with van der Waals surface area (Å²) in [4.78, 5) is 25.9. The van der Waals surface area contributed by atoms with E-state index in [1.54, 1.807) is 11.3 Å². The van der Waals surface area contributed by atoms with Crippen molar-refractivity contribution in [1.29, 1.82) is 0 Å². The molecule has 0 aliphatic heterocycles. The lowest BCUT2D eigenvalue weighted by Gasteiger charge is -2.20. The number of esters is 1. The SMILES string of the molecule is C[C@@H]1CCc2sc(C(=O)O[C@@H]3CCCCC3=O)cc2C1. The van der Waals surface area contributed by atoms with Gasteiger partial charge in [-0.15, -0.1) is 11.3 Å². The van der Waals surface area contributed by atoms with E-state index in [4.69, 9.17) is 4.74 Å². The third-order valence-corrected chi connectivity index (χ3v) is 5.50. The lowest BCUT2D eigenvalue weighted by atomic mass is 9.90. The van der Waals surface area contributed by atoms with E-state index in [-0.39, 0.29) is 11.8 Å². The third-order valence-electron chi connectivity index (χ3n) is 4.28. The molecule has 4 heteroatoms. The lowest BCUT2D eigenvalue weighted by Crippen LogP contribution is -2.29. The van der Waals surface area contributed by atoms with Crippen molar-refractivity contribution in [2.75, 3.05) is 0 Å². The Morgan fingerprint density at radius 1 is 1.30 bits per heavy atom. The maximum atomic E-state index is 12.2. The number of rotatable bonds is 2.